The van der Waals surface area contributed by atoms with Crippen LogP contribution in [-0.2, 0) is 14.4 Å². The fourth-order valence-electron chi connectivity index (χ4n) is 2.55. The van der Waals surface area contributed by atoms with Gasteiger partial charge in [-0.05, 0) is 24.6 Å². The molecule has 1 unspecified atom stereocenters. The summed E-state index contributed by atoms with van der Waals surface area (Å²) in [6.07, 6.45) is 2.38. The number of carboxylic acids is 2. The second-order valence-corrected chi connectivity index (χ2v) is 7.30. The number of nitrogens with zero attached hydrogens (tertiary/aromatic N) is 3. The normalized spacial score (nSPS) is 16.9. The summed E-state index contributed by atoms with van der Waals surface area (Å²) in [6, 6.07) is 5.93. The number of thiocarbonyl (C=S) groups is 1. The van der Waals surface area contributed by atoms with Crippen molar-refractivity contribution in [3.63, 3.8) is 0 Å². The zero-order chi connectivity index (χ0) is 19.6. The highest BCUT2D eigenvalue weighted by Gasteiger charge is 2.40. The van der Waals surface area contributed by atoms with Crippen molar-refractivity contribution in [1.29, 1.82) is 0 Å². The van der Waals surface area contributed by atoms with E-state index in [0.717, 1.165) is 16.7 Å². The lowest BCUT2D eigenvalue weighted by Gasteiger charge is -2.22. The van der Waals surface area contributed by atoms with Crippen LogP contribution in [-0.4, -0.2) is 53.3 Å². The molecule has 0 spiro atoms. The molecule has 0 radical (unpaired) electrons. The monoisotopic (exact) mass is 403 g/mol. The smallest absolute Gasteiger partial charge is 0.326 e. The van der Waals surface area contributed by atoms with Crippen LogP contribution in [0.25, 0.3) is 17.1 Å². The van der Waals surface area contributed by atoms with Crippen molar-refractivity contribution < 1.29 is 24.6 Å². The van der Waals surface area contributed by atoms with Crippen LogP contribution in [0.2, 0.25) is 0 Å². The van der Waals surface area contributed by atoms with Gasteiger partial charge in [0.1, 0.15) is 10.4 Å². The zero-order valence-electron chi connectivity index (χ0n) is 13.7. The van der Waals surface area contributed by atoms with Crippen LogP contribution in [0, 0.1) is 0 Å². The summed E-state index contributed by atoms with van der Waals surface area (Å²) in [5.41, 5.74) is 1.81. The Kier molecular flexibility index (Phi) is 5.47. The number of amides is 1. The Bertz CT molecular complexity index is 991. The van der Waals surface area contributed by atoms with E-state index in [9.17, 15) is 19.5 Å². The number of thioether (sulfide) groups is 1. The SMILES string of the molecule is O=C(O)CCC(C(=O)O)N1C(=O)/C(=C\c2cnc3ccccc3n2)SC1=S. The fraction of sp³-hybridized carbons (Fsp3) is 0.176. The minimum atomic E-state index is -1.33. The Balaban J connectivity index is 1.88. The minimum absolute atomic E-state index is 0.0674. The molecular formula is C17H13N3O5S2. The molecule has 2 N–H and O–H groups in total. The fourth-order valence-corrected chi connectivity index (χ4v) is 3.89. The second kappa shape index (κ2) is 7.80. The third-order valence-corrected chi connectivity index (χ3v) is 5.13. The predicted molar refractivity (Wildman–Crippen MR) is 103 cm³/mol. The van der Waals surface area contributed by atoms with Gasteiger partial charge in [0, 0.05) is 6.42 Å². The van der Waals surface area contributed by atoms with Crippen LogP contribution >= 0.6 is 24.0 Å². The van der Waals surface area contributed by atoms with E-state index in [1.54, 1.807) is 6.07 Å². The first kappa shape index (κ1) is 18.9. The molecule has 1 amide bonds. The largest absolute Gasteiger partial charge is 0.481 e. The lowest BCUT2D eigenvalue weighted by molar-refractivity contribution is -0.146. The van der Waals surface area contributed by atoms with Gasteiger partial charge in [-0.15, -0.1) is 0 Å². The number of aliphatic carboxylic acids is 2. The van der Waals surface area contributed by atoms with E-state index >= 15 is 0 Å². The van der Waals surface area contributed by atoms with Crippen LogP contribution in [0.3, 0.4) is 0 Å². The van der Waals surface area contributed by atoms with Crippen molar-refractivity contribution >= 4 is 63.3 Å². The summed E-state index contributed by atoms with van der Waals surface area (Å²) in [7, 11) is 0. The molecule has 0 aliphatic carbocycles. The summed E-state index contributed by atoms with van der Waals surface area (Å²) in [5.74, 6) is -3.04. The highest BCUT2D eigenvalue weighted by Crippen LogP contribution is 2.34. The van der Waals surface area contributed by atoms with Gasteiger partial charge in [-0.3, -0.25) is 19.5 Å². The Labute approximate surface area is 162 Å². The summed E-state index contributed by atoms with van der Waals surface area (Å²) in [4.78, 5) is 44.8. The first-order valence-electron chi connectivity index (χ1n) is 7.80. The molecule has 1 saturated heterocycles. The summed E-state index contributed by atoms with van der Waals surface area (Å²) in [6.45, 7) is 0. The van der Waals surface area contributed by atoms with Crippen molar-refractivity contribution in [3.8, 4) is 0 Å². The zero-order valence-corrected chi connectivity index (χ0v) is 15.4. The highest BCUT2D eigenvalue weighted by atomic mass is 32.2. The lowest BCUT2D eigenvalue weighted by Crippen LogP contribution is -2.44. The molecule has 1 fully saturated rings. The van der Waals surface area contributed by atoms with Gasteiger partial charge < -0.3 is 10.2 Å². The number of para-hydroxylation sites is 2. The molecule has 1 atom stereocenters. The van der Waals surface area contributed by atoms with E-state index in [0.29, 0.717) is 16.7 Å². The van der Waals surface area contributed by atoms with E-state index in [2.05, 4.69) is 9.97 Å². The van der Waals surface area contributed by atoms with E-state index < -0.39 is 23.9 Å². The number of aromatic nitrogens is 2. The number of benzene rings is 1. The van der Waals surface area contributed by atoms with Gasteiger partial charge in [0.2, 0.25) is 0 Å². The maximum absolute atomic E-state index is 12.7. The molecule has 8 nitrogen and oxygen atoms in total. The summed E-state index contributed by atoms with van der Waals surface area (Å²) in [5, 5.41) is 18.2. The van der Waals surface area contributed by atoms with Crippen molar-refractivity contribution in [2.45, 2.75) is 18.9 Å². The van der Waals surface area contributed by atoms with Crippen molar-refractivity contribution in [2.75, 3.05) is 0 Å². The molecule has 1 aromatic carbocycles. The van der Waals surface area contributed by atoms with E-state index in [4.69, 9.17) is 17.3 Å². The van der Waals surface area contributed by atoms with Gasteiger partial charge >= 0.3 is 11.9 Å². The number of fused-ring (bicyclic) bond motifs is 1. The average Bonchev–Trinajstić information content (AvgIpc) is 2.89. The minimum Gasteiger partial charge on any atom is -0.481 e. The third-order valence-electron chi connectivity index (χ3n) is 3.80. The maximum atomic E-state index is 12.7. The molecule has 138 valence electrons. The molecule has 10 heteroatoms. The number of carbonyl (C=O) groups excluding carboxylic acids is 1. The molecule has 1 aromatic heterocycles. The molecule has 3 rings (SSSR count). The van der Waals surface area contributed by atoms with Crippen LogP contribution in [0.1, 0.15) is 18.5 Å². The average molecular weight is 403 g/mol. The van der Waals surface area contributed by atoms with Gasteiger partial charge in [0.05, 0.1) is 27.8 Å². The van der Waals surface area contributed by atoms with Crippen LogP contribution in [0.4, 0.5) is 0 Å². The molecule has 0 bridgehead atoms. The number of hydrogen-bond donors (Lipinski definition) is 2. The number of rotatable bonds is 6. The van der Waals surface area contributed by atoms with E-state index in [1.165, 1.54) is 12.3 Å². The third kappa shape index (κ3) is 4.12. The molecule has 0 saturated carbocycles. The predicted octanol–water partition coefficient (Wildman–Crippen LogP) is 2.15. The van der Waals surface area contributed by atoms with Crippen molar-refractivity contribution in [2.24, 2.45) is 0 Å². The van der Waals surface area contributed by atoms with Gasteiger partial charge in [-0.25, -0.2) is 9.78 Å². The Morgan fingerprint density at radius 3 is 2.63 bits per heavy atom. The van der Waals surface area contributed by atoms with Crippen LogP contribution < -0.4 is 0 Å². The number of carboxylic acid groups (broad SMARTS) is 2. The summed E-state index contributed by atoms with van der Waals surface area (Å²) < 4.78 is 0.0674. The molecular weight excluding hydrogens is 390 g/mol. The quantitative estimate of drug-likeness (QED) is 0.552. The van der Waals surface area contributed by atoms with E-state index in [1.807, 2.05) is 18.2 Å². The molecule has 27 heavy (non-hydrogen) atoms. The van der Waals surface area contributed by atoms with Crippen LogP contribution in [0.5, 0.6) is 0 Å². The summed E-state index contributed by atoms with van der Waals surface area (Å²) >= 11 is 6.10. The number of carbonyl (C=O) groups is 3. The number of hydrogen-bond acceptors (Lipinski definition) is 7. The molecule has 1 aliphatic heterocycles. The maximum Gasteiger partial charge on any atom is 0.326 e. The first-order chi connectivity index (χ1) is 12.9. The first-order valence-corrected chi connectivity index (χ1v) is 9.02. The van der Waals surface area contributed by atoms with E-state index in [-0.39, 0.29) is 22.1 Å². The van der Waals surface area contributed by atoms with Gasteiger partial charge in [-0.2, -0.15) is 0 Å². The van der Waals surface area contributed by atoms with Crippen molar-refractivity contribution in [3.05, 3.63) is 41.1 Å². The molecule has 2 aromatic rings. The Hall–Kier alpha value is -2.85. The molecule has 1 aliphatic rings. The standard InChI is InChI=1S/C17H13N3O5S2/c21-14(22)6-5-12(16(24)25)20-15(23)13(27-17(20)26)7-9-8-18-10-3-1-2-4-11(10)19-9/h1-4,7-8,12H,5-6H2,(H,21,22)(H,24,25)/b13-7+. The Morgan fingerprint density at radius 1 is 1.26 bits per heavy atom. The van der Waals surface area contributed by atoms with Crippen LogP contribution in [0.15, 0.2) is 35.4 Å². The Morgan fingerprint density at radius 2 is 1.96 bits per heavy atom. The lowest BCUT2D eigenvalue weighted by atomic mass is 10.1. The van der Waals surface area contributed by atoms with Gasteiger partial charge in [0.15, 0.2) is 0 Å². The van der Waals surface area contributed by atoms with Gasteiger partial charge in [-0.1, -0.05) is 36.1 Å². The second-order valence-electron chi connectivity index (χ2n) is 5.62. The van der Waals surface area contributed by atoms with Crippen molar-refractivity contribution in [1.82, 2.24) is 14.9 Å². The topological polar surface area (TPSA) is 121 Å². The highest BCUT2D eigenvalue weighted by molar-refractivity contribution is 8.26. The molecule has 2 heterocycles. The van der Waals surface area contributed by atoms with Gasteiger partial charge in [0.25, 0.3) is 5.91 Å².